The third kappa shape index (κ3) is 12.0. The summed E-state index contributed by atoms with van der Waals surface area (Å²) in [5.41, 5.74) is 0. The highest BCUT2D eigenvalue weighted by molar-refractivity contribution is 14.0. The van der Waals surface area contributed by atoms with Crippen LogP contribution >= 0.6 is 24.0 Å². The summed E-state index contributed by atoms with van der Waals surface area (Å²) in [6, 6.07) is 0. The molecule has 5 heteroatoms. The summed E-state index contributed by atoms with van der Waals surface area (Å²) in [6.07, 6.45) is 7.97. The lowest BCUT2D eigenvalue weighted by atomic mass is 10.0. The van der Waals surface area contributed by atoms with Gasteiger partial charge in [0.15, 0.2) is 5.96 Å². The van der Waals surface area contributed by atoms with E-state index in [0.717, 1.165) is 37.4 Å². The molecule has 1 aliphatic heterocycles. The van der Waals surface area contributed by atoms with E-state index >= 15 is 0 Å². The number of guanidine groups is 1. The van der Waals surface area contributed by atoms with Gasteiger partial charge in [0.05, 0.1) is 0 Å². The van der Waals surface area contributed by atoms with Crippen molar-refractivity contribution in [1.29, 1.82) is 0 Å². The van der Waals surface area contributed by atoms with Gasteiger partial charge in [-0.05, 0) is 45.2 Å². The van der Waals surface area contributed by atoms with Crippen LogP contribution in [-0.2, 0) is 0 Å². The van der Waals surface area contributed by atoms with Gasteiger partial charge >= 0.3 is 0 Å². The van der Waals surface area contributed by atoms with Gasteiger partial charge < -0.3 is 15.5 Å². The van der Waals surface area contributed by atoms with E-state index in [1.54, 1.807) is 0 Å². The van der Waals surface area contributed by atoms with Gasteiger partial charge in [-0.25, -0.2) is 0 Å². The minimum absolute atomic E-state index is 0. The number of aliphatic imine (C=N–C) groups is 1. The molecule has 1 saturated heterocycles. The van der Waals surface area contributed by atoms with Crippen molar-refractivity contribution >= 4 is 29.9 Å². The Kier molecular flexibility index (Phi) is 14.3. The van der Waals surface area contributed by atoms with Gasteiger partial charge in [0.2, 0.25) is 0 Å². The molecule has 0 aromatic rings. The lowest BCUT2D eigenvalue weighted by Crippen LogP contribution is -2.38. The highest BCUT2D eigenvalue weighted by Crippen LogP contribution is 2.14. The van der Waals surface area contributed by atoms with Crippen LogP contribution in [-0.4, -0.2) is 50.6 Å². The first kappa shape index (κ1) is 23.0. The molecule has 0 bridgehead atoms. The van der Waals surface area contributed by atoms with Crippen LogP contribution in [0.3, 0.4) is 0 Å². The Bertz CT molecular complexity index is 307. The maximum absolute atomic E-state index is 4.75. The second kappa shape index (κ2) is 14.3. The predicted octanol–water partition coefficient (Wildman–Crippen LogP) is 3.72. The Labute approximate surface area is 161 Å². The van der Waals surface area contributed by atoms with Crippen molar-refractivity contribution in [1.82, 2.24) is 15.5 Å². The molecule has 4 nitrogen and oxygen atoms in total. The minimum atomic E-state index is 0. The summed E-state index contributed by atoms with van der Waals surface area (Å²) in [7, 11) is 2.20. The van der Waals surface area contributed by atoms with E-state index in [9.17, 15) is 0 Å². The molecule has 1 atom stereocenters. The van der Waals surface area contributed by atoms with Gasteiger partial charge in [-0.3, -0.25) is 4.99 Å². The molecule has 138 valence electrons. The van der Waals surface area contributed by atoms with Crippen molar-refractivity contribution in [3.05, 3.63) is 0 Å². The Morgan fingerprint density at radius 3 is 2.52 bits per heavy atom. The number of likely N-dealkylation sites (tertiary alicyclic amines) is 1. The summed E-state index contributed by atoms with van der Waals surface area (Å²) in [4.78, 5) is 7.16. The molecule has 0 saturated carbocycles. The predicted molar refractivity (Wildman–Crippen MR) is 113 cm³/mol. The Balaban J connectivity index is 0.00000484. The fourth-order valence-corrected chi connectivity index (χ4v) is 2.98. The molecule has 0 amide bonds. The van der Waals surface area contributed by atoms with Gasteiger partial charge in [-0.2, -0.15) is 0 Å². The first-order valence-electron chi connectivity index (χ1n) is 9.32. The monoisotopic (exact) mass is 438 g/mol. The van der Waals surface area contributed by atoms with Gasteiger partial charge in [0, 0.05) is 26.2 Å². The topological polar surface area (TPSA) is 39.7 Å². The van der Waals surface area contributed by atoms with Crippen molar-refractivity contribution in [2.75, 3.05) is 39.8 Å². The fourth-order valence-electron chi connectivity index (χ4n) is 2.98. The normalized spacial score (nSPS) is 19.0. The van der Waals surface area contributed by atoms with E-state index in [1.807, 2.05) is 0 Å². The third-order valence-corrected chi connectivity index (χ3v) is 4.34. The number of halogens is 1. The second-order valence-corrected chi connectivity index (χ2v) is 7.16. The summed E-state index contributed by atoms with van der Waals surface area (Å²) in [5, 5.41) is 6.84. The average molecular weight is 438 g/mol. The van der Waals surface area contributed by atoms with Crippen LogP contribution in [0.4, 0.5) is 0 Å². The van der Waals surface area contributed by atoms with Crippen LogP contribution in [0.15, 0.2) is 4.99 Å². The lowest BCUT2D eigenvalue weighted by Gasteiger charge is -2.13. The van der Waals surface area contributed by atoms with E-state index in [-0.39, 0.29) is 24.0 Å². The zero-order valence-corrected chi connectivity index (χ0v) is 18.1. The Hall–Kier alpha value is -0.0400. The van der Waals surface area contributed by atoms with E-state index in [0.29, 0.717) is 0 Å². The molecular weight excluding hydrogens is 399 g/mol. The third-order valence-electron chi connectivity index (χ3n) is 4.34. The zero-order chi connectivity index (χ0) is 16.2. The molecule has 0 aromatic heterocycles. The van der Waals surface area contributed by atoms with E-state index in [4.69, 9.17) is 4.99 Å². The summed E-state index contributed by atoms with van der Waals surface area (Å²) < 4.78 is 0. The summed E-state index contributed by atoms with van der Waals surface area (Å²) >= 11 is 0. The molecular formula is C18H39IN4. The molecule has 0 aromatic carbocycles. The van der Waals surface area contributed by atoms with Crippen molar-refractivity contribution in [2.45, 2.75) is 59.3 Å². The highest BCUT2D eigenvalue weighted by Gasteiger charge is 2.18. The van der Waals surface area contributed by atoms with Crippen molar-refractivity contribution in [3.8, 4) is 0 Å². The van der Waals surface area contributed by atoms with Crippen LogP contribution in [0, 0.1) is 11.8 Å². The first-order chi connectivity index (χ1) is 10.6. The molecule has 1 rings (SSSR count). The molecule has 23 heavy (non-hydrogen) atoms. The van der Waals surface area contributed by atoms with Crippen molar-refractivity contribution < 1.29 is 0 Å². The molecule has 0 radical (unpaired) electrons. The van der Waals surface area contributed by atoms with Crippen molar-refractivity contribution in [2.24, 2.45) is 16.8 Å². The SMILES string of the molecule is CCNC(=NCC1CCN(C)C1)NCCCCCCC(C)C.I. The number of unbranched alkanes of at least 4 members (excludes halogenated alkanes) is 3. The number of rotatable bonds is 10. The van der Waals surface area contributed by atoms with Crippen LogP contribution in [0.5, 0.6) is 0 Å². The Morgan fingerprint density at radius 1 is 1.17 bits per heavy atom. The number of hydrogen-bond donors (Lipinski definition) is 2. The van der Waals surface area contributed by atoms with E-state index in [2.05, 4.69) is 43.4 Å². The van der Waals surface area contributed by atoms with E-state index in [1.165, 1.54) is 51.6 Å². The smallest absolute Gasteiger partial charge is 0.191 e. The van der Waals surface area contributed by atoms with E-state index < -0.39 is 0 Å². The maximum atomic E-state index is 4.75. The zero-order valence-electron chi connectivity index (χ0n) is 15.7. The maximum Gasteiger partial charge on any atom is 0.191 e. The highest BCUT2D eigenvalue weighted by atomic mass is 127. The quantitative estimate of drug-likeness (QED) is 0.236. The molecule has 2 N–H and O–H groups in total. The molecule has 0 aliphatic carbocycles. The molecule has 1 aliphatic rings. The van der Waals surface area contributed by atoms with Crippen LogP contribution in [0.2, 0.25) is 0 Å². The summed E-state index contributed by atoms with van der Waals surface area (Å²) in [6.45, 7) is 12.1. The molecule has 0 spiro atoms. The second-order valence-electron chi connectivity index (χ2n) is 7.16. The fraction of sp³-hybridized carbons (Fsp3) is 0.944. The first-order valence-corrected chi connectivity index (χ1v) is 9.32. The number of hydrogen-bond acceptors (Lipinski definition) is 2. The standard InChI is InChI=1S/C18H38N4.HI/c1-5-19-18(21-14-17-11-13-22(4)15-17)20-12-9-7-6-8-10-16(2)3;/h16-17H,5-15H2,1-4H3,(H2,19,20,21);1H. The molecule has 1 fully saturated rings. The average Bonchev–Trinajstić information content (AvgIpc) is 2.89. The van der Waals surface area contributed by atoms with Gasteiger partial charge in [0.25, 0.3) is 0 Å². The van der Waals surface area contributed by atoms with Gasteiger partial charge in [-0.1, -0.05) is 39.5 Å². The minimum Gasteiger partial charge on any atom is -0.357 e. The van der Waals surface area contributed by atoms with Crippen LogP contribution in [0.1, 0.15) is 59.3 Å². The van der Waals surface area contributed by atoms with Crippen LogP contribution < -0.4 is 10.6 Å². The number of nitrogens with one attached hydrogen (secondary N) is 2. The molecule has 1 heterocycles. The largest absolute Gasteiger partial charge is 0.357 e. The Morgan fingerprint density at radius 2 is 1.91 bits per heavy atom. The van der Waals surface area contributed by atoms with Gasteiger partial charge in [-0.15, -0.1) is 24.0 Å². The lowest BCUT2D eigenvalue weighted by molar-refractivity contribution is 0.397. The van der Waals surface area contributed by atoms with Crippen LogP contribution in [0.25, 0.3) is 0 Å². The number of nitrogens with zero attached hydrogens (tertiary/aromatic N) is 2. The van der Waals surface area contributed by atoms with Gasteiger partial charge in [0.1, 0.15) is 0 Å². The summed E-state index contributed by atoms with van der Waals surface area (Å²) in [5.74, 6) is 2.58. The van der Waals surface area contributed by atoms with Crippen molar-refractivity contribution in [3.63, 3.8) is 0 Å². The molecule has 1 unspecified atom stereocenters.